The SMILES string of the molecule is O=C(NCc1ccc2c(c1)CCCC2)[C@H]1CC[C@H]2OCCN[C@@H]2C1. The highest BCUT2D eigenvalue weighted by molar-refractivity contribution is 5.78. The van der Waals surface area contributed by atoms with Crippen molar-refractivity contribution in [3.05, 3.63) is 34.9 Å². The van der Waals surface area contributed by atoms with Crippen molar-refractivity contribution in [2.45, 2.75) is 63.6 Å². The predicted octanol–water partition coefficient (Wildman–Crippen LogP) is 2.34. The lowest BCUT2D eigenvalue weighted by atomic mass is 9.82. The van der Waals surface area contributed by atoms with Gasteiger partial charge in [-0.15, -0.1) is 0 Å². The number of carbonyl (C=O) groups excluding carboxylic acids is 1. The smallest absolute Gasteiger partial charge is 0.223 e. The van der Waals surface area contributed by atoms with Gasteiger partial charge >= 0.3 is 0 Å². The standard InChI is InChI=1S/C20H28N2O2/c23-20(17-7-8-19-18(12-17)21-9-10-24-19)22-13-14-5-6-15-3-1-2-4-16(15)11-14/h5-6,11,17-19,21H,1-4,7-10,12-13H2,(H,22,23)/t17-,18+,19+/m0/s1. The molecule has 3 aliphatic rings. The summed E-state index contributed by atoms with van der Waals surface area (Å²) in [6, 6.07) is 7.08. The first-order valence-corrected chi connectivity index (χ1v) is 9.53. The molecule has 0 radical (unpaired) electrons. The van der Waals surface area contributed by atoms with E-state index in [9.17, 15) is 4.79 Å². The molecule has 1 aliphatic heterocycles. The average Bonchev–Trinajstić information content (AvgIpc) is 2.65. The maximum absolute atomic E-state index is 12.6. The molecule has 130 valence electrons. The molecule has 1 saturated carbocycles. The minimum absolute atomic E-state index is 0.123. The van der Waals surface area contributed by atoms with Crippen molar-refractivity contribution < 1.29 is 9.53 Å². The lowest BCUT2D eigenvalue weighted by Crippen LogP contribution is -2.53. The minimum Gasteiger partial charge on any atom is -0.375 e. The van der Waals surface area contributed by atoms with Crippen molar-refractivity contribution in [2.75, 3.05) is 13.2 Å². The van der Waals surface area contributed by atoms with Crippen LogP contribution in [0, 0.1) is 5.92 Å². The zero-order valence-electron chi connectivity index (χ0n) is 14.4. The molecule has 0 spiro atoms. The van der Waals surface area contributed by atoms with Crippen LogP contribution in [0.2, 0.25) is 0 Å². The molecule has 3 atom stereocenters. The Morgan fingerprint density at radius 2 is 2.08 bits per heavy atom. The molecule has 1 aromatic carbocycles. The quantitative estimate of drug-likeness (QED) is 0.895. The van der Waals surface area contributed by atoms with Crippen LogP contribution < -0.4 is 10.6 Å². The molecule has 1 aromatic rings. The van der Waals surface area contributed by atoms with E-state index in [4.69, 9.17) is 4.74 Å². The minimum atomic E-state index is 0.123. The molecule has 1 heterocycles. The predicted molar refractivity (Wildman–Crippen MR) is 93.8 cm³/mol. The Hall–Kier alpha value is -1.39. The number of nitrogens with one attached hydrogen (secondary N) is 2. The van der Waals surface area contributed by atoms with Gasteiger partial charge in [-0.1, -0.05) is 18.2 Å². The summed E-state index contributed by atoms with van der Waals surface area (Å²) < 4.78 is 5.80. The first-order chi connectivity index (χ1) is 11.8. The number of morpholine rings is 1. The van der Waals surface area contributed by atoms with Gasteiger partial charge in [-0.25, -0.2) is 0 Å². The fourth-order valence-electron chi connectivity index (χ4n) is 4.48. The molecule has 1 saturated heterocycles. The largest absolute Gasteiger partial charge is 0.375 e. The zero-order valence-corrected chi connectivity index (χ0v) is 14.4. The lowest BCUT2D eigenvalue weighted by molar-refractivity contribution is -0.128. The third-order valence-electron chi connectivity index (χ3n) is 5.88. The fourth-order valence-corrected chi connectivity index (χ4v) is 4.48. The maximum atomic E-state index is 12.6. The van der Waals surface area contributed by atoms with Crippen molar-refractivity contribution in [1.82, 2.24) is 10.6 Å². The topological polar surface area (TPSA) is 50.4 Å². The van der Waals surface area contributed by atoms with Crippen molar-refractivity contribution in [1.29, 1.82) is 0 Å². The summed E-state index contributed by atoms with van der Waals surface area (Å²) in [4.78, 5) is 12.6. The second-order valence-corrected chi connectivity index (χ2v) is 7.51. The molecule has 1 amide bonds. The molecule has 24 heavy (non-hydrogen) atoms. The van der Waals surface area contributed by atoms with Gasteiger partial charge in [-0.3, -0.25) is 4.79 Å². The molecular weight excluding hydrogens is 300 g/mol. The summed E-state index contributed by atoms with van der Waals surface area (Å²) in [6.07, 6.45) is 8.15. The van der Waals surface area contributed by atoms with Crippen LogP contribution >= 0.6 is 0 Å². The van der Waals surface area contributed by atoms with Crippen LogP contribution in [0.25, 0.3) is 0 Å². The van der Waals surface area contributed by atoms with Crippen molar-refractivity contribution in [3.8, 4) is 0 Å². The number of ether oxygens (including phenoxy) is 1. The van der Waals surface area contributed by atoms with E-state index in [1.54, 1.807) is 0 Å². The third kappa shape index (κ3) is 3.50. The van der Waals surface area contributed by atoms with E-state index in [0.717, 1.165) is 32.4 Å². The molecule has 4 nitrogen and oxygen atoms in total. The Balaban J connectivity index is 1.31. The van der Waals surface area contributed by atoms with E-state index in [1.165, 1.54) is 42.4 Å². The summed E-state index contributed by atoms with van der Waals surface area (Å²) in [7, 11) is 0. The number of hydrogen-bond acceptors (Lipinski definition) is 3. The highest BCUT2D eigenvalue weighted by Crippen LogP contribution is 2.28. The normalized spacial score (nSPS) is 29.4. The summed E-state index contributed by atoms with van der Waals surface area (Å²) >= 11 is 0. The maximum Gasteiger partial charge on any atom is 0.223 e. The Morgan fingerprint density at radius 3 is 3.00 bits per heavy atom. The third-order valence-corrected chi connectivity index (χ3v) is 5.88. The van der Waals surface area contributed by atoms with Crippen LogP contribution in [0.5, 0.6) is 0 Å². The van der Waals surface area contributed by atoms with Crippen LogP contribution in [0.3, 0.4) is 0 Å². The lowest BCUT2D eigenvalue weighted by Gasteiger charge is -2.39. The Morgan fingerprint density at radius 1 is 1.21 bits per heavy atom. The van der Waals surface area contributed by atoms with Gasteiger partial charge in [0, 0.05) is 25.0 Å². The highest BCUT2D eigenvalue weighted by Gasteiger charge is 2.35. The van der Waals surface area contributed by atoms with E-state index in [0.29, 0.717) is 18.7 Å². The molecule has 2 fully saturated rings. The van der Waals surface area contributed by atoms with Gasteiger partial charge in [0.25, 0.3) is 0 Å². The zero-order chi connectivity index (χ0) is 16.4. The number of carbonyl (C=O) groups is 1. The first kappa shape index (κ1) is 16.1. The number of benzene rings is 1. The second-order valence-electron chi connectivity index (χ2n) is 7.51. The van der Waals surface area contributed by atoms with Crippen molar-refractivity contribution in [3.63, 3.8) is 0 Å². The van der Waals surface area contributed by atoms with Gasteiger partial charge in [0.15, 0.2) is 0 Å². The van der Waals surface area contributed by atoms with Gasteiger partial charge in [0.2, 0.25) is 5.91 Å². The monoisotopic (exact) mass is 328 g/mol. The molecule has 0 unspecified atom stereocenters. The first-order valence-electron chi connectivity index (χ1n) is 9.53. The number of hydrogen-bond donors (Lipinski definition) is 2. The van der Waals surface area contributed by atoms with E-state index < -0.39 is 0 Å². The van der Waals surface area contributed by atoms with Crippen molar-refractivity contribution in [2.24, 2.45) is 5.92 Å². The van der Waals surface area contributed by atoms with E-state index in [1.807, 2.05) is 0 Å². The van der Waals surface area contributed by atoms with E-state index in [-0.39, 0.29) is 11.8 Å². The fraction of sp³-hybridized carbons (Fsp3) is 0.650. The average molecular weight is 328 g/mol. The molecule has 0 aromatic heterocycles. The molecular formula is C20H28N2O2. The molecule has 2 aliphatic carbocycles. The summed E-state index contributed by atoms with van der Waals surface area (Å²) in [5.41, 5.74) is 4.21. The van der Waals surface area contributed by atoms with Crippen molar-refractivity contribution >= 4 is 5.91 Å². The second kappa shape index (κ2) is 7.24. The van der Waals surface area contributed by atoms with Crippen LogP contribution in [-0.2, 0) is 28.9 Å². The Kier molecular flexibility index (Phi) is 4.86. The molecule has 0 bridgehead atoms. The van der Waals surface area contributed by atoms with Crippen LogP contribution in [0.15, 0.2) is 18.2 Å². The summed E-state index contributed by atoms with van der Waals surface area (Å²) in [5, 5.41) is 6.67. The number of rotatable bonds is 3. The van der Waals surface area contributed by atoms with Crippen LogP contribution in [0.4, 0.5) is 0 Å². The van der Waals surface area contributed by atoms with Gasteiger partial charge in [-0.05, 0) is 61.6 Å². The van der Waals surface area contributed by atoms with Gasteiger partial charge in [-0.2, -0.15) is 0 Å². The van der Waals surface area contributed by atoms with E-state index in [2.05, 4.69) is 28.8 Å². The van der Waals surface area contributed by atoms with Gasteiger partial charge in [0.05, 0.1) is 12.7 Å². The Labute approximate surface area is 144 Å². The number of amides is 1. The van der Waals surface area contributed by atoms with Gasteiger partial charge in [0.1, 0.15) is 0 Å². The molecule has 4 rings (SSSR count). The summed E-state index contributed by atoms with van der Waals surface area (Å²) in [6.45, 7) is 2.36. The summed E-state index contributed by atoms with van der Waals surface area (Å²) in [5.74, 6) is 0.330. The Bertz CT molecular complexity index is 601. The molecule has 2 N–H and O–H groups in total. The van der Waals surface area contributed by atoms with Gasteiger partial charge < -0.3 is 15.4 Å². The van der Waals surface area contributed by atoms with E-state index >= 15 is 0 Å². The highest BCUT2D eigenvalue weighted by atomic mass is 16.5. The molecule has 4 heteroatoms. The number of fused-ring (bicyclic) bond motifs is 2. The number of aryl methyl sites for hydroxylation is 2. The van der Waals surface area contributed by atoms with Crippen LogP contribution in [0.1, 0.15) is 48.8 Å². The van der Waals surface area contributed by atoms with Crippen LogP contribution in [-0.4, -0.2) is 31.2 Å².